The Hall–Kier alpha value is -0.820. The summed E-state index contributed by atoms with van der Waals surface area (Å²) in [6, 6.07) is 4.53. The second kappa shape index (κ2) is 6.48. The van der Waals surface area contributed by atoms with Crippen molar-refractivity contribution in [3.63, 3.8) is 0 Å². The van der Waals surface area contributed by atoms with Crippen molar-refractivity contribution in [2.24, 2.45) is 11.8 Å². The van der Waals surface area contributed by atoms with Gasteiger partial charge in [-0.05, 0) is 43.4 Å². The van der Waals surface area contributed by atoms with Crippen LogP contribution >= 0.6 is 11.6 Å². The predicted octanol–water partition coefficient (Wildman–Crippen LogP) is 2.91. The van der Waals surface area contributed by atoms with Crippen LogP contribution in [0, 0.1) is 11.8 Å². The molecule has 3 rings (SSSR count). The molecule has 24 heavy (non-hydrogen) atoms. The van der Waals surface area contributed by atoms with E-state index in [1.165, 1.54) is 23.5 Å². The number of methoxy groups -OCH3 is 1. The first-order chi connectivity index (χ1) is 11.3. The number of benzene rings is 1. The third-order valence-electron chi connectivity index (χ3n) is 5.66. The number of halogens is 1. The van der Waals surface area contributed by atoms with Crippen LogP contribution in [0.4, 0.5) is 0 Å². The molecule has 1 aromatic rings. The summed E-state index contributed by atoms with van der Waals surface area (Å²) in [6.45, 7) is 2.82. The molecule has 1 aliphatic heterocycles. The summed E-state index contributed by atoms with van der Waals surface area (Å²) in [5.74, 6) is 0.693. The molecular formula is C17H24ClNO4S. The van der Waals surface area contributed by atoms with Gasteiger partial charge < -0.3 is 9.84 Å². The van der Waals surface area contributed by atoms with Crippen molar-refractivity contribution in [2.45, 2.75) is 43.1 Å². The largest absolute Gasteiger partial charge is 0.495 e. The Morgan fingerprint density at radius 2 is 2.17 bits per heavy atom. The Labute approximate surface area is 148 Å². The summed E-state index contributed by atoms with van der Waals surface area (Å²) in [6.07, 6.45) is 3.35. The second-order valence-corrected chi connectivity index (χ2v) is 9.18. The van der Waals surface area contributed by atoms with Crippen LogP contribution in [0.25, 0.3) is 0 Å². The lowest BCUT2D eigenvalue weighted by Gasteiger charge is -2.40. The summed E-state index contributed by atoms with van der Waals surface area (Å²) >= 11 is 6.08. The summed E-state index contributed by atoms with van der Waals surface area (Å²) in [5, 5.41) is 11.1. The predicted molar refractivity (Wildman–Crippen MR) is 92.8 cm³/mol. The molecule has 1 heterocycles. The van der Waals surface area contributed by atoms with Crippen molar-refractivity contribution in [1.29, 1.82) is 0 Å². The van der Waals surface area contributed by atoms with E-state index in [4.69, 9.17) is 16.3 Å². The van der Waals surface area contributed by atoms with Crippen LogP contribution in [-0.4, -0.2) is 43.6 Å². The van der Waals surface area contributed by atoms with Crippen LogP contribution in [-0.2, 0) is 10.0 Å². The molecule has 2 fully saturated rings. The first-order valence-corrected chi connectivity index (χ1v) is 10.2. The Kier molecular flexibility index (Phi) is 4.86. The Morgan fingerprint density at radius 1 is 1.42 bits per heavy atom. The van der Waals surface area contributed by atoms with Gasteiger partial charge in [-0.2, -0.15) is 4.31 Å². The zero-order valence-corrected chi connectivity index (χ0v) is 15.6. The molecule has 134 valence electrons. The third kappa shape index (κ3) is 2.94. The van der Waals surface area contributed by atoms with Gasteiger partial charge in [0.15, 0.2) is 0 Å². The number of nitrogens with zero attached hydrogens (tertiary/aromatic N) is 1. The summed E-state index contributed by atoms with van der Waals surface area (Å²) < 4.78 is 32.5. The van der Waals surface area contributed by atoms with Crippen molar-refractivity contribution in [1.82, 2.24) is 4.31 Å². The van der Waals surface area contributed by atoms with E-state index >= 15 is 0 Å². The standard InChI is InChI=1S/C17H24ClNO4S/c1-3-17(20)8-4-5-12-10-19(11-14(12)17)24(21,22)13-6-7-16(23-2)15(18)9-13/h6-7,9,12,14,20H,3-5,8,10-11H2,1-2H3/t12-,14+,17-/m1/s1. The van der Waals surface area contributed by atoms with Gasteiger partial charge in [0.2, 0.25) is 10.0 Å². The average molecular weight is 374 g/mol. The molecule has 0 amide bonds. The van der Waals surface area contributed by atoms with Crippen LogP contribution in [0.3, 0.4) is 0 Å². The fraction of sp³-hybridized carbons (Fsp3) is 0.647. The molecule has 2 aliphatic rings. The second-order valence-electron chi connectivity index (χ2n) is 6.83. The van der Waals surface area contributed by atoms with Gasteiger partial charge in [-0.25, -0.2) is 8.42 Å². The van der Waals surface area contributed by atoms with Gasteiger partial charge in [0.1, 0.15) is 5.75 Å². The van der Waals surface area contributed by atoms with Crippen molar-refractivity contribution < 1.29 is 18.3 Å². The number of hydrogen-bond acceptors (Lipinski definition) is 4. The number of rotatable bonds is 4. The topological polar surface area (TPSA) is 66.8 Å². The van der Waals surface area contributed by atoms with Crippen molar-refractivity contribution in [2.75, 3.05) is 20.2 Å². The summed E-state index contributed by atoms with van der Waals surface area (Å²) in [7, 11) is -2.13. The zero-order valence-electron chi connectivity index (χ0n) is 14.0. The van der Waals surface area contributed by atoms with Gasteiger partial charge in [-0.15, -0.1) is 0 Å². The number of fused-ring (bicyclic) bond motifs is 1. The molecule has 7 heteroatoms. The van der Waals surface area contributed by atoms with E-state index in [2.05, 4.69) is 0 Å². The molecule has 1 aromatic carbocycles. The maximum atomic E-state index is 13.0. The highest BCUT2D eigenvalue weighted by Gasteiger charge is 2.50. The van der Waals surface area contributed by atoms with E-state index < -0.39 is 15.6 Å². The molecule has 5 nitrogen and oxygen atoms in total. The highest BCUT2D eigenvalue weighted by atomic mass is 35.5. The first-order valence-electron chi connectivity index (χ1n) is 8.38. The summed E-state index contributed by atoms with van der Waals surface area (Å²) in [4.78, 5) is 0.173. The number of hydrogen-bond donors (Lipinski definition) is 1. The molecule has 0 radical (unpaired) electrons. The molecule has 1 saturated heterocycles. The fourth-order valence-corrected chi connectivity index (χ4v) is 6.05. The smallest absolute Gasteiger partial charge is 0.243 e. The van der Waals surface area contributed by atoms with Gasteiger partial charge in [-0.3, -0.25) is 0 Å². The Balaban J connectivity index is 1.88. The lowest BCUT2D eigenvalue weighted by atomic mass is 9.69. The van der Waals surface area contributed by atoms with Crippen LogP contribution in [0.1, 0.15) is 32.6 Å². The molecule has 0 bridgehead atoms. The minimum atomic E-state index is -3.62. The van der Waals surface area contributed by atoms with E-state index in [-0.39, 0.29) is 21.8 Å². The minimum Gasteiger partial charge on any atom is -0.495 e. The summed E-state index contributed by atoms with van der Waals surface area (Å²) in [5.41, 5.74) is -0.745. The molecule has 3 atom stereocenters. The minimum absolute atomic E-state index is 0.0137. The van der Waals surface area contributed by atoms with Crippen molar-refractivity contribution in [3.05, 3.63) is 23.2 Å². The fourth-order valence-electron chi connectivity index (χ4n) is 4.18. The Morgan fingerprint density at radius 3 is 2.79 bits per heavy atom. The maximum Gasteiger partial charge on any atom is 0.243 e. The highest BCUT2D eigenvalue weighted by Crippen LogP contribution is 2.45. The first kappa shape index (κ1) is 18.0. The van der Waals surface area contributed by atoms with Crippen LogP contribution < -0.4 is 4.74 Å². The average Bonchev–Trinajstić information content (AvgIpc) is 3.01. The lowest BCUT2D eigenvalue weighted by molar-refractivity contribution is -0.0605. The number of ether oxygens (including phenoxy) is 1. The van der Waals surface area contributed by atoms with Crippen molar-refractivity contribution in [3.8, 4) is 5.75 Å². The molecule has 0 unspecified atom stereocenters. The van der Waals surface area contributed by atoms with E-state index in [9.17, 15) is 13.5 Å². The lowest BCUT2D eigenvalue weighted by Crippen LogP contribution is -2.44. The normalized spacial score (nSPS) is 31.0. The molecule has 0 aromatic heterocycles. The monoisotopic (exact) mass is 373 g/mol. The quantitative estimate of drug-likeness (QED) is 0.881. The van der Waals surface area contributed by atoms with E-state index in [0.717, 1.165) is 19.3 Å². The molecule has 0 spiro atoms. The van der Waals surface area contributed by atoms with Crippen LogP contribution in [0.5, 0.6) is 5.75 Å². The highest BCUT2D eigenvalue weighted by molar-refractivity contribution is 7.89. The number of sulfonamides is 1. The van der Waals surface area contributed by atoms with Gasteiger partial charge in [-0.1, -0.05) is 24.9 Å². The molecule has 1 N–H and O–H groups in total. The van der Waals surface area contributed by atoms with E-state index in [1.807, 2.05) is 6.92 Å². The third-order valence-corrected chi connectivity index (χ3v) is 7.78. The maximum absolute atomic E-state index is 13.0. The molecule has 1 saturated carbocycles. The van der Waals surface area contributed by atoms with Gasteiger partial charge >= 0.3 is 0 Å². The zero-order chi connectivity index (χ0) is 17.5. The molecular weight excluding hydrogens is 350 g/mol. The van der Waals surface area contributed by atoms with E-state index in [1.54, 1.807) is 6.07 Å². The van der Waals surface area contributed by atoms with Gasteiger partial charge in [0, 0.05) is 19.0 Å². The Bertz CT molecular complexity index is 723. The number of aliphatic hydroxyl groups is 1. The molecule has 1 aliphatic carbocycles. The van der Waals surface area contributed by atoms with Gasteiger partial charge in [0.25, 0.3) is 0 Å². The SMILES string of the molecule is CC[C@@]1(O)CCC[C@@H]2CN(S(=O)(=O)c3ccc(OC)c(Cl)c3)C[C@@H]21. The van der Waals surface area contributed by atoms with E-state index in [0.29, 0.717) is 25.3 Å². The van der Waals surface area contributed by atoms with Gasteiger partial charge in [0.05, 0.1) is 22.6 Å². The van der Waals surface area contributed by atoms with Crippen LogP contribution in [0.15, 0.2) is 23.1 Å². The van der Waals surface area contributed by atoms with Crippen molar-refractivity contribution >= 4 is 21.6 Å². The van der Waals surface area contributed by atoms with Crippen LogP contribution in [0.2, 0.25) is 5.02 Å².